The number of nitrogens with zero attached hydrogens (tertiary/aromatic N) is 4. The number of rotatable bonds is 6. The number of aromatic nitrogens is 4. The minimum Gasteiger partial charge on any atom is -0.496 e. The smallest absolute Gasteiger partial charge is 0.176 e. The summed E-state index contributed by atoms with van der Waals surface area (Å²) in [7, 11) is 1.59. The molecule has 1 atom stereocenters. The average molecular weight is 308 g/mol. The Morgan fingerprint density at radius 3 is 2.61 bits per heavy atom. The molecule has 1 heterocycles. The first-order valence-electron chi connectivity index (χ1n) is 7.24. The number of tetrazole rings is 1. The van der Waals surface area contributed by atoms with Gasteiger partial charge < -0.3 is 9.53 Å². The number of carbonyl (C=O) groups excluding carboxylic acids is 1. The van der Waals surface area contributed by atoms with E-state index < -0.39 is 0 Å². The molecule has 0 spiro atoms. The van der Waals surface area contributed by atoms with Gasteiger partial charge in [-0.1, -0.05) is 36.4 Å². The van der Waals surface area contributed by atoms with Crippen molar-refractivity contribution in [1.29, 1.82) is 0 Å². The third-order valence-corrected chi connectivity index (χ3v) is 3.55. The minimum atomic E-state index is -0.375. The second-order valence-electron chi connectivity index (χ2n) is 5.02. The lowest BCUT2D eigenvalue weighted by Crippen LogP contribution is -2.08. The van der Waals surface area contributed by atoms with Crippen molar-refractivity contribution in [3.8, 4) is 11.4 Å². The number of para-hydroxylation sites is 2. The Morgan fingerprint density at radius 1 is 1.13 bits per heavy atom. The molecular weight excluding hydrogens is 292 g/mol. The van der Waals surface area contributed by atoms with Crippen LogP contribution in [0, 0.1) is 0 Å². The van der Waals surface area contributed by atoms with Crippen LogP contribution < -0.4 is 4.74 Å². The van der Waals surface area contributed by atoms with Crippen LogP contribution in [0.1, 0.15) is 17.3 Å². The van der Waals surface area contributed by atoms with Crippen LogP contribution in [-0.2, 0) is 11.2 Å². The first-order valence-corrected chi connectivity index (χ1v) is 7.24. The molecule has 0 bridgehead atoms. The van der Waals surface area contributed by atoms with Crippen molar-refractivity contribution >= 4 is 6.29 Å². The van der Waals surface area contributed by atoms with Gasteiger partial charge in [0.1, 0.15) is 12.0 Å². The van der Waals surface area contributed by atoms with Crippen molar-refractivity contribution in [2.45, 2.75) is 12.3 Å². The van der Waals surface area contributed by atoms with Gasteiger partial charge in [-0.05, 0) is 23.4 Å². The second kappa shape index (κ2) is 6.83. The summed E-state index contributed by atoms with van der Waals surface area (Å²) >= 11 is 0. The highest BCUT2D eigenvalue weighted by atomic mass is 16.5. The van der Waals surface area contributed by atoms with E-state index >= 15 is 0 Å². The number of ether oxygens (including phenoxy) is 1. The normalized spacial score (nSPS) is 11.9. The standard InChI is InChI=1S/C17H16N4O2/c1-23-16-10-6-5-9-15(16)13(12-22)11-17-18-20-21(19-17)14-7-3-2-4-8-14/h2-10,12-13H,11H2,1H3. The topological polar surface area (TPSA) is 69.9 Å². The molecule has 0 saturated carbocycles. The number of benzene rings is 2. The molecule has 3 aromatic rings. The molecule has 0 saturated heterocycles. The van der Waals surface area contributed by atoms with Crippen molar-refractivity contribution < 1.29 is 9.53 Å². The van der Waals surface area contributed by atoms with Crippen LogP contribution in [0.3, 0.4) is 0 Å². The molecule has 1 unspecified atom stereocenters. The van der Waals surface area contributed by atoms with Gasteiger partial charge in [0.15, 0.2) is 5.82 Å². The van der Waals surface area contributed by atoms with Crippen LogP contribution in [0.2, 0.25) is 0 Å². The number of aldehydes is 1. The first kappa shape index (κ1) is 14.9. The summed E-state index contributed by atoms with van der Waals surface area (Å²) in [6, 6.07) is 17.0. The van der Waals surface area contributed by atoms with Gasteiger partial charge in [0.05, 0.1) is 18.7 Å². The third-order valence-electron chi connectivity index (χ3n) is 3.55. The van der Waals surface area contributed by atoms with Crippen LogP contribution in [0.4, 0.5) is 0 Å². The summed E-state index contributed by atoms with van der Waals surface area (Å²) in [5, 5.41) is 12.4. The zero-order valence-electron chi connectivity index (χ0n) is 12.7. The van der Waals surface area contributed by atoms with E-state index in [1.54, 1.807) is 7.11 Å². The Labute approximate surface area is 133 Å². The SMILES string of the molecule is COc1ccccc1C(C=O)Cc1nnn(-c2ccccc2)n1. The lowest BCUT2D eigenvalue weighted by Gasteiger charge is -2.12. The van der Waals surface area contributed by atoms with E-state index in [0.29, 0.717) is 18.0 Å². The van der Waals surface area contributed by atoms with Crippen LogP contribution >= 0.6 is 0 Å². The Morgan fingerprint density at radius 2 is 1.87 bits per heavy atom. The Bertz CT molecular complexity index is 786. The molecule has 23 heavy (non-hydrogen) atoms. The maximum atomic E-state index is 11.5. The van der Waals surface area contributed by atoms with Crippen molar-refractivity contribution in [2.24, 2.45) is 0 Å². The van der Waals surface area contributed by atoms with Crippen LogP contribution in [0.15, 0.2) is 54.6 Å². The van der Waals surface area contributed by atoms with Crippen molar-refractivity contribution in [3.63, 3.8) is 0 Å². The molecule has 116 valence electrons. The molecule has 0 fully saturated rings. The molecule has 6 heteroatoms. The number of carbonyl (C=O) groups is 1. The summed E-state index contributed by atoms with van der Waals surface area (Å²) in [6.07, 6.45) is 1.26. The van der Waals surface area contributed by atoms with Gasteiger partial charge in [-0.2, -0.15) is 0 Å². The Hall–Kier alpha value is -3.02. The van der Waals surface area contributed by atoms with Crippen molar-refractivity contribution in [2.75, 3.05) is 7.11 Å². The van der Waals surface area contributed by atoms with E-state index in [2.05, 4.69) is 15.4 Å². The van der Waals surface area contributed by atoms with Crippen LogP contribution in [0.25, 0.3) is 5.69 Å². The van der Waals surface area contributed by atoms with Gasteiger partial charge >= 0.3 is 0 Å². The zero-order chi connectivity index (χ0) is 16.1. The quantitative estimate of drug-likeness (QED) is 0.653. The minimum absolute atomic E-state index is 0.372. The van der Waals surface area contributed by atoms with Crippen molar-refractivity contribution in [1.82, 2.24) is 20.2 Å². The zero-order valence-corrected chi connectivity index (χ0v) is 12.7. The summed E-state index contributed by atoms with van der Waals surface area (Å²) in [4.78, 5) is 13.0. The van der Waals surface area contributed by atoms with E-state index in [1.807, 2.05) is 54.6 Å². The maximum absolute atomic E-state index is 11.5. The summed E-state index contributed by atoms with van der Waals surface area (Å²) in [5.74, 6) is 0.816. The van der Waals surface area contributed by atoms with E-state index in [9.17, 15) is 4.79 Å². The molecule has 0 aliphatic rings. The molecule has 0 aliphatic heterocycles. The Kier molecular flexibility index (Phi) is 4.42. The summed E-state index contributed by atoms with van der Waals surface area (Å²) in [5.41, 5.74) is 1.65. The molecule has 2 aromatic carbocycles. The van der Waals surface area contributed by atoms with E-state index in [0.717, 1.165) is 17.5 Å². The van der Waals surface area contributed by atoms with Gasteiger partial charge in [0.2, 0.25) is 0 Å². The van der Waals surface area contributed by atoms with Gasteiger partial charge in [0, 0.05) is 12.0 Å². The highest BCUT2D eigenvalue weighted by Crippen LogP contribution is 2.27. The van der Waals surface area contributed by atoms with Gasteiger partial charge in [-0.15, -0.1) is 15.0 Å². The first-order chi connectivity index (χ1) is 11.3. The van der Waals surface area contributed by atoms with E-state index in [1.165, 1.54) is 4.80 Å². The third kappa shape index (κ3) is 3.26. The maximum Gasteiger partial charge on any atom is 0.176 e. The molecule has 3 rings (SSSR count). The fourth-order valence-corrected chi connectivity index (χ4v) is 2.40. The lowest BCUT2D eigenvalue weighted by atomic mass is 9.96. The van der Waals surface area contributed by atoms with E-state index in [4.69, 9.17) is 4.74 Å². The van der Waals surface area contributed by atoms with Crippen LogP contribution in [0.5, 0.6) is 5.75 Å². The molecule has 6 nitrogen and oxygen atoms in total. The fourth-order valence-electron chi connectivity index (χ4n) is 2.40. The molecular formula is C17H16N4O2. The Balaban J connectivity index is 1.83. The van der Waals surface area contributed by atoms with Gasteiger partial charge in [-0.3, -0.25) is 0 Å². The molecule has 1 aromatic heterocycles. The number of hydrogen-bond acceptors (Lipinski definition) is 5. The highest BCUT2D eigenvalue weighted by molar-refractivity contribution is 5.64. The largest absolute Gasteiger partial charge is 0.496 e. The fraction of sp³-hybridized carbons (Fsp3) is 0.176. The number of hydrogen-bond donors (Lipinski definition) is 0. The molecule has 0 aliphatic carbocycles. The monoisotopic (exact) mass is 308 g/mol. The average Bonchev–Trinajstić information content (AvgIpc) is 3.09. The predicted molar refractivity (Wildman–Crippen MR) is 84.7 cm³/mol. The highest BCUT2D eigenvalue weighted by Gasteiger charge is 2.18. The lowest BCUT2D eigenvalue weighted by molar-refractivity contribution is -0.109. The summed E-state index contributed by atoms with van der Waals surface area (Å²) < 4.78 is 5.32. The molecule has 0 radical (unpaired) electrons. The molecule has 0 N–H and O–H groups in total. The predicted octanol–water partition coefficient (Wildman–Crippen LogP) is 2.20. The summed E-state index contributed by atoms with van der Waals surface area (Å²) in [6.45, 7) is 0. The molecule has 0 amide bonds. The number of methoxy groups -OCH3 is 1. The van der Waals surface area contributed by atoms with Gasteiger partial charge in [-0.25, -0.2) is 0 Å². The van der Waals surface area contributed by atoms with Crippen molar-refractivity contribution in [3.05, 3.63) is 66.0 Å². The van der Waals surface area contributed by atoms with Gasteiger partial charge in [0.25, 0.3) is 0 Å². The van der Waals surface area contributed by atoms with E-state index in [-0.39, 0.29) is 5.92 Å². The second-order valence-corrected chi connectivity index (χ2v) is 5.02. The van der Waals surface area contributed by atoms with Crippen LogP contribution in [-0.4, -0.2) is 33.6 Å².